The first kappa shape index (κ1) is 25.8. The Labute approximate surface area is 218 Å². The van der Waals surface area contributed by atoms with Crippen molar-refractivity contribution in [1.82, 2.24) is 20.1 Å². The molecule has 0 radical (unpaired) electrons. The van der Waals surface area contributed by atoms with Crippen molar-refractivity contribution in [3.63, 3.8) is 0 Å². The van der Waals surface area contributed by atoms with E-state index in [1.54, 1.807) is 6.20 Å². The highest BCUT2D eigenvalue weighted by atomic mass is 16.2. The van der Waals surface area contributed by atoms with Gasteiger partial charge in [0.25, 0.3) is 0 Å². The van der Waals surface area contributed by atoms with Gasteiger partial charge in [-0.3, -0.25) is 9.48 Å². The van der Waals surface area contributed by atoms with Gasteiger partial charge in [-0.2, -0.15) is 10.4 Å². The van der Waals surface area contributed by atoms with Crippen molar-refractivity contribution in [2.45, 2.75) is 45.2 Å². The zero-order valence-corrected chi connectivity index (χ0v) is 21.6. The van der Waals surface area contributed by atoms with E-state index < -0.39 is 6.04 Å². The van der Waals surface area contributed by atoms with E-state index in [1.807, 2.05) is 83.8 Å². The van der Waals surface area contributed by atoms with E-state index in [4.69, 9.17) is 5.26 Å². The highest BCUT2D eigenvalue weighted by molar-refractivity contribution is 5.95. The van der Waals surface area contributed by atoms with E-state index in [9.17, 15) is 4.79 Å². The van der Waals surface area contributed by atoms with Crippen molar-refractivity contribution in [1.29, 1.82) is 5.26 Å². The fourth-order valence-corrected chi connectivity index (χ4v) is 3.98. The molecule has 1 amide bonds. The average Bonchev–Trinajstić information content (AvgIpc) is 3.41. The van der Waals surface area contributed by atoms with Crippen LogP contribution in [0.25, 0.3) is 11.1 Å². The Kier molecular flexibility index (Phi) is 7.80. The standard InChI is InChI=1S/C30H32N6O/c1-21(23-12-10-22(16-31)11-13-23)17-33-28(24-8-6-5-7-9-24)29(37)35-27-15-14-25(18-32-27)26-19-34-36(20-26)30(2,3)4/h5-15,18-21,28,33H,17H2,1-4H3,(H,32,35,37)/t21?,28-/m0/s1. The van der Waals surface area contributed by atoms with Crippen molar-refractivity contribution in [2.24, 2.45) is 0 Å². The largest absolute Gasteiger partial charge is 0.309 e. The molecule has 0 saturated heterocycles. The van der Waals surface area contributed by atoms with E-state index in [0.717, 1.165) is 22.3 Å². The summed E-state index contributed by atoms with van der Waals surface area (Å²) in [5.74, 6) is 0.456. The fraction of sp³-hybridized carbons (Fsp3) is 0.267. The van der Waals surface area contributed by atoms with Crippen LogP contribution >= 0.6 is 0 Å². The number of aromatic nitrogens is 3. The molecule has 2 atom stereocenters. The maximum atomic E-state index is 13.4. The molecule has 0 fully saturated rings. The molecule has 4 rings (SSSR count). The molecule has 188 valence electrons. The average molecular weight is 493 g/mol. The summed E-state index contributed by atoms with van der Waals surface area (Å²) >= 11 is 0. The Morgan fingerprint density at radius 2 is 1.70 bits per heavy atom. The maximum absolute atomic E-state index is 13.4. The van der Waals surface area contributed by atoms with Gasteiger partial charge < -0.3 is 10.6 Å². The molecule has 2 heterocycles. The van der Waals surface area contributed by atoms with Crippen LogP contribution < -0.4 is 10.6 Å². The zero-order chi connectivity index (χ0) is 26.4. The molecular weight excluding hydrogens is 460 g/mol. The van der Waals surface area contributed by atoms with Crippen LogP contribution in [0, 0.1) is 11.3 Å². The summed E-state index contributed by atoms with van der Waals surface area (Å²) in [5, 5.41) is 19.9. The summed E-state index contributed by atoms with van der Waals surface area (Å²) in [6, 6.07) is 22.5. The van der Waals surface area contributed by atoms with Gasteiger partial charge in [0.2, 0.25) is 5.91 Å². The molecule has 4 aromatic rings. The maximum Gasteiger partial charge on any atom is 0.247 e. The molecule has 7 heteroatoms. The Morgan fingerprint density at radius 3 is 2.30 bits per heavy atom. The Hall–Kier alpha value is -4.28. The molecule has 2 N–H and O–H groups in total. The molecule has 0 bridgehead atoms. The summed E-state index contributed by atoms with van der Waals surface area (Å²) in [5.41, 5.74) is 4.41. The van der Waals surface area contributed by atoms with Gasteiger partial charge in [0, 0.05) is 30.1 Å². The normalized spacial score (nSPS) is 12.9. The Balaban J connectivity index is 1.45. The lowest BCUT2D eigenvalue weighted by Crippen LogP contribution is -2.35. The monoisotopic (exact) mass is 492 g/mol. The number of hydrogen-bond acceptors (Lipinski definition) is 5. The number of anilines is 1. The van der Waals surface area contributed by atoms with Gasteiger partial charge in [0.15, 0.2) is 0 Å². The van der Waals surface area contributed by atoms with E-state index in [1.165, 1.54) is 0 Å². The van der Waals surface area contributed by atoms with Crippen molar-refractivity contribution in [2.75, 3.05) is 11.9 Å². The zero-order valence-electron chi connectivity index (χ0n) is 21.6. The molecule has 1 unspecified atom stereocenters. The van der Waals surface area contributed by atoms with Gasteiger partial charge in [-0.15, -0.1) is 0 Å². The number of amides is 1. The first-order valence-electron chi connectivity index (χ1n) is 12.4. The molecule has 2 aromatic heterocycles. The van der Waals surface area contributed by atoms with Crippen LogP contribution in [0.5, 0.6) is 0 Å². The lowest BCUT2D eigenvalue weighted by atomic mass is 9.98. The number of nitrogens with zero attached hydrogens (tertiary/aromatic N) is 4. The smallest absolute Gasteiger partial charge is 0.247 e. The number of carbonyl (C=O) groups is 1. The quantitative estimate of drug-likeness (QED) is 0.332. The summed E-state index contributed by atoms with van der Waals surface area (Å²) in [6.45, 7) is 8.98. The lowest BCUT2D eigenvalue weighted by molar-refractivity contribution is -0.118. The second kappa shape index (κ2) is 11.2. The number of pyridine rings is 1. The summed E-state index contributed by atoms with van der Waals surface area (Å²) in [4.78, 5) is 17.8. The molecule has 7 nitrogen and oxygen atoms in total. The fourth-order valence-electron chi connectivity index (χ4n) is 3.98. The van der Waals surface area contributed by atoms with E-state index in [0.29, 0.717) is 17.9 Å². The van der Waals surface area contributed by atoms with Gasteiger partial charge in [-0.1, -0.05) is 49.4 Å². The van der Waals surface area contributed by atoms with Crippen molar-refractivity contribution < 1.29 is 4.79 Å². The van der Waals surface area contributed by atoms with Crippen LogP contribution in [0.2, 0.25) is 0 Å². The highest BCUT2D eigenvalue weighted by Gasteiger charge is 2.22. The van der Waals surface area contributed by atoms with Crippen molar-refractivity contribution in [3.8, 4) is 17.2 Å². The lowest BCUT2D eigenvalue weighted by Gasteiger charge is -2.21. The van der Waals surface area contributed by atoms with Crippen LogP contribution in [0.4, 0.5) is 5.82 Å². The molecule has 0 saturated carbocycles. The van der Waals surface area contributed by atoms with Crippen molar-refractivity contribution in [3.05, 3.63) is 102 Å². The topological polar surface area (TPSA) is 95.6 Å². The number of rotatable bonds is 8. The number of hydrogen-bond donors (Lipinski definition) is 2. The van der Waals surface area contributed by atoms with Crippen molar-refractivity contribution >= 4 is 11.7 Å². The minimum atomic E-state index is -0.548. The molecule has 37 heavy (non-hydrogen) atoms. The number of nitrogens with one attached hydrogen (secondary N) is 2. The number of benzene rings is 2. The minimum Gasteiger partial charge on any atom is -0.309 e. The van der Waals surface area contributed by atoms with Gasteiger partial charge in [0.1, 0.15) is 11.9 Å². The third-order valence-corrected chi connectivity index (χ3v) is 6.25. The van der Waals surface area contributed by atoms with Crippen LogP contribution in [0.15, 0.2) is 85.3 Å². The SMILES string of the molecule is CC(CN[C@H](C(=O)Nc1ccc(-c2cnn(C(C)(C)C)c2)cn1)c1ccccc1)c1ccc(C#N)cc1. The van der Waals surface area contributed by atoms with Gasteiger partial charge in [0.05, 0.1) is 23.4 Å². The minimum absolute atomic E-state index is 0.101. The first-order chi connectivity index (χ1) is 17.7. The van der Waals surface area contributed by atoms with Gasteiger partial charge in [-0.25, -0.2) is 4.98 Å². The molecule has 0 spiro atoms. The Bertz CT molecular complexity index is 1360. The summed E-state index contributed by atoms with van der Waals surface area (Å²) in [7, 11) is 0. The second-order valence-corrected chi connectivity index (χ2v) is 10.2. The van der Waals surface area contributed by atoms with E-state index in [-0.39, 0.29) is 17.4 Å². The molecular formula is C30H32N6O. The number of carbonyl (C=O) groups excluding carboxylic acids is 1. The van der Waals surface area contributed by atoms with E-state index in [2.05, 4.69) is 54.5 Å². The van der Waals surface area contributed by atoms with Gasteiger partial charge >= 0.3 is 0 Å². The summed E-state index contributed by atoms with van der Waals surface area (Å²) in [6.07, 6.45) is 5.57. The molecule has 0 aliphatic rings. The third kappa shape index (κ3) is 6.49. The number of nitriles is 1. The molecule has 0 aliphatic heterocycles. The van der Waals surface area contributed by atoms with Crippen LogP contribution in [-0.2, 0) is 10.3 Å². The van der Waals surface area contributed by atoms with E-state index >= 15 is 0 Å². The second-order valence-electron chi connectivity index (χ2n) is 10.2. The third-order valence-electron chi connectivity index (χ3n) is 6.25. The predicted octanol–water partition coefficient (Wildman–Crippen LogP) is 5.64. The summed E-state index contributed by atoms with van der Waals surface area (Å²) < 4.78 is 1.92. The van der Waals surface area contributed by atoms with Crippen LogP contribution in [0.1, 0.15) is 56.3 Å². The molecule has 2 aromatic carbocycles. The Morgan fingerprint density at radius 1 is 0.973 bits per heavy atom. The molecule has 0 aliphatic carbocycles. The van der Waals surface area contributed by atoms with Gasteiger partial charge in [-0.05, 0) is 62.1 Å². The predicted molar refractivity (Wildman–Crippen MR) is 146 cm³/mol. The van der Waals surface area contributed by atoms with Crippen LogP contribution in [-0.4, -0.2) is 27.2 Å². The first-order valence-corrected chi connectivity index (χ1v) is 12.4. The van der Waals surface area contributed by atoms with Crippen LogP contribution in [0.3, 0.4) is 0 Å². The highest BCUT2D eigenvalue weighted by Crippen LogP contribution is 2.23.